The summed E-state index contributed by atoms with van der Waals surface area (Å²) in [4.78, 5) is 7.28. The second-order valence-corrected chi connectivity index (χ2v) is 6.40. The smallest absolute Gasteiger partial charge is 0.191 e. The van der Waals surface area contributed by atoms with Gasteiger partial charge in [-0.25, -0.2) is 0 Å². The molecule has 2 aliphatic heterocycles. The fourth-order valence-electron chi connectivity index (χ4n) is 3.31. The molecule has 2 saturated heterocycles. The summed E-state index contributed by atoms with van der Waals surface area (Å²) in [7, 11) is 0. The average Bonchev–Trinajstić information content (AvgIpc) is 3.11. The van der Waals surface area contributed by atoms with Crippen LogP contribution in [0.25, 0.3) is 0 Å². The first-order valence-corrected chi connectivity index (χ1v) is 8.57. The minimum absolute atomic E-state index is 0. The summed E-state index contributed by atoms with van der Waals surface area (Å²) in [6.45, 7) is 12.4. The zero-order chi connectivity index (χ0) is 15.1. The van der Waals surface area contributed by atoms with Gasteiger partial charge in [0.1, 0.15) is 0 Å². The Hall–Kier alpha value is -0.0800. The number of ether oxygens (including phenoxy) is 1. The highest BCUT2D eigenvalue weighted by Crippen LogP contribution is 2.25. The van der Waals surface area contributed by atoms with E-state index in [9.17, 15) is 0 Å². The number of nitrogens with zero attached hydrogens (tertiary/aromatic N) is 2. The summed E-state index contributed by atoms with van der Waals surface area (Å²) in [6, 6.07) is 0.650. The van der Waals surface area contributed by atoms with Crippen LogP contribution < -0.4 is 10.6 Å². The van der Waals surface area contributed by atoms with Crippen LogP contribution in [0.3, 0.4) is 0 Å². The van der Waals surface area contributed by atoms with E-state index in [1.54, 1.807) is 0 Å². The van der Waals surface area contributed by atoms with Crippen molar-refractivity contribution in [1.82, 2.24) is 15.5 Å². The third-order valence-electron chi connectivity index (χ3n) is 4.63. The summed E-state index contributed by atoms with van der Waals surface area (Å²) < 4.78 is 5.81. The number of guanidine groups is 1. The molecule has 2 unspecified atom stereocenters. The molecule has 2 aliphatic rings. The maximum atomic E-state index is 5.81. The molecule has 6 heteroatoms. The number of hydrogen-bond acceptors (Lipinski definition) is 3. The van der Waals surface area contributed by atoms with E-state index >= 15 is 0 Å². The number of aliphatic imine (C=N–C) groups is 1. The molecule has 0 amide bonds. The molecule has 2 heterocycles. The van der Waals surface area contributed by atoms with Gasteiger partial charge in [-0.2, -0.15) is 0 Å². The highest BCUT2D eigenvalue weighted by molar-refractivity contribution is 14.0. The van der Waals surface area contributed by atoms with Crippen molar-refractivity contribution in [2.45, 2.75) is 58.1 Å². The van der Waals surface area contributed by atoms with Crippen molar-refractivity contribution in [3.8, 4) is 0 Å². The topological polar surface area (TPSA) is 48.9 Å². The predicted octanol–water partition coefficient (Wildman–Crippen LogP) is 2.21. The van der Waals surface area contributed by atoms with Gasteiger partial charge < -0.3 is 15.4 Å². The third-order valence-corrected chi connectivity index (χ3v) is 4.63. The van der Waals surface area contributed by atoms with Crippen LogP contribution in [0.2, 0.25) is 0 Å². The lowest BCUT2D eigenvalue weighted by atomic mass is 10.0. The lowest BCUT2D eigenvalue weighted by molar-refractivity contribution is 0.0283. The molecule has 0 bridgehead atoms. The predicted molar refractivity (Wildman–Crippen MR) is 103 cm³/mol. The molecular formula is C16H33IN4O. The second-order valence-electron chi connectivity index (χ2n) is 6.40. The van der Waals surface area contributed by atoms with Gasteiger partial charge in [-0.05, 0) is 52.6 Å². The lowest BCUT2D eigenvalue weighted by Crippen LogP contribution is -2.45. The van der Waals surface area contributed by atoms with E-state index in [4.69, 9.17) is 9.73 Å². The molecule has 0 aromatic heterocycles. The fraction of sp³-hybridized carbons (Fsp3) is 0.938. The number of nitrogens with one attached hydrogen (secondary N) is 2. The number of halogens is 1. The molecule has 2 fully saturated rings. The van der Waals surface area contributed by atoms with Gasteiger partial charge in [-0.1, -0.05) is 6.92 Å². The molecule has 0 aromatic carbocycles. The van der Waals surface area contributed by atoms with E-state index in [1.165, 1.54) is 19.4 Å². The van der Waals surface area contributed by atoms with Crippen LogP contribution in [0.5, 0.6) is 0 Å². The zero-order valence-electron chi connectivity index (χ0n) is 14.4. The van der Waals surface area contributed by atoms with Crippen LogP contribution >= 0.6 is 24.0 Å². The molecular weight excluding hydrogens is 391 g/mol. The van der Waals surface area contributed by atoms with Gasteiger partial charge in [0.25, 0.3) is 0 Å². The Morgan fingerprint density at radius 2 is 2.14 bits per heavy atom. The maximum absolute atomic E-state index is 5.81. The molecule has 5 nitrogen and oxygen atoms in total. The van der Waals surface area contributed by atoms with E-state index < -0.39 is 0 Å². The average molecular weight is 424 g/mol. The Bertz CT molecular complexity index is 345. The summed E-state index contributed by atoms with van der Waals surface area (Å²) in [6.07, 6.45) is 4.88. The summed E-state index contributed by atoms with van der Waals surface area (Å²) >= 11 is 0. The number of likely N-dealkylation sites (tertiary alicyclic amines) is 1. The van der Waals surface area contributed by atoms with Crippen molar-refractivity contribution < 1.29 is 4.74 Å². The minimum atomic E-state index is -0.0643. The Kier molecular flexibility index (Phi) is 9.01. The van der Waals surface area contributed by atoms with Gasteiger partial charge in [0.05, 0.1) is 12.1 Å². The van der Waals surface area contributed by atoms with Crippen LogP contribution in [0.15, 0.2) is 4.99 Å². The molecule has 0 saturated carbocycles. The van der Waals surface area contributed by atoms with E-state index in [0.29, 0.717) is 6.04 Å². The van der Waals surface area contributed by atoms with Crippen LogP contribution in [0, 0.1) is 0 Å². The first-order valence-electron chi connectivity index (χ1n) is 8.57. The van der Waals surface area contributed by atoms with Crippen molar-refractivity contribution >= 4 is 29.9 Å². The molecule has 2 N–H and O–H groups in total. The van der Waals surface area contributed by atoms with Gasteiger partial charge in [0, 0.05) is 25.7 Å². The molecule has 2 rings (SSSR count). The molecule has 2 atom stereocenters. The normalized spacial score (nSPS) is 29.4. The largest absolute Gasteiger partial charge is 0.373 e. The van der Waals surface area contributed by atoms with Crippen LogP contribution in [-0.4, -0.2) is 61.8 Å². The van der Waals surface area contributed by atoms with Crippen LogP contribution in [0.4, 0.5) is 0 Å². The summed E-state index contributed by atoms with van der Waals surface area (Å²) in [5, 5.41) is 6.86. The standard InChI is InChI=1S/C16H32N4O.HI/c1-4-17-15(19-13-16(3)9-7-11-21-16)18-12-14-8-6-10-20(14)5-2;/h14H,4-13H2,1-3H3,(H2,17,18,19);1H. The molecule has 0 radical (unpaired) electrons. The maximum Gasteiger partial charge on any atom is 0.191 e. The Morgan fingerprint density at radius 3 is 2.77 bits per heavy atom. The van der Waals surface area contributed by atoms with Crippen molar-refractivity contribution in [2.75, 3.05) is 39.3 Å². The van der Waals surface area contributed by atoms with Gasteiger partial charge in [-0.3, -0.25) is 9.89 Å². The highest BCUT2D eigenvalue weighted by atomic mass is 127. The van der Waals surface area contributed by atoms with E-state index in [0.717, 1.165) is 51.6 Å². The van der Waals surface area contributed by atoms with Gasteiger partial charge >= 0.3 is 0 Å². The summed E-state index contributed by atoms with van der Waals surface area (Å²) in [5.74, 6) is 0.928. The van der Waals surface area contributed by atoms with Gasteiger partial charge in [0.15, 0.2) is 5.96 Å². The zero-order valence-corrected chi connectivity index (χ0v) is 16.7. The minimum Gasteiger partial charge on any atom is -0.373 e. The molecule has 0 spiro atoms. The summed E-state index contributed by atoms with van der Waals surface area (Å²) in [5.41, 5.74) is -0.0643. The molecule has 130 valence electrons. The quantitative estimate of drug-likeness (QED) is 0.390. The SMILES string of the molecule is CCNC(=NCC1(C)CCCO1)NCC1CCCN1CC.I. The lowest BCUT2D eigenvalue weighted by Gasteiger charge is -2.25. The Morgan fingerprint density at radius 1 is 1.32 bits per heavy atom. The first-order chi connectivity index (χ1) is 10.2. The van der Waals surface area contributed by atoms with Crippen molar-refractivity contribution in [3.63, 3.8) is 0 Å². The van der Waals surface area contributed by atoms with Gasteiger partial charge in [-0.15, -0.1) is 24.0 Å². The highest BCUT2D eigenvalue weighted by Gasteiger charge is 2.29. The van der Waals surface area contributed by atoms with Gasteiger partial charge in [0.2, 0.25) is 0 Å². The second kappa shape index (κ2) is 9.93. The van der Waals surface area contributed by atoms with Crippen LogP contribution in [-0.2, 0) is 4.74 Å². The molecule has 22 heavy (non-hydrogen) atoms. The Balaban J connectivity index is 0.00000242. The number of rotatable bonds is 6. The fourth-order valence-corrected chi connectivity index (χ4v) is 3.31. The third kappa shape index (κ3) is 5.85. The number of likely N-dealkylation sites (N-methyl/N-ethyl adjacent to an activating group) is 1. The van der Waals surface area contributed by atoms with E-state index in [1.807, 2.05) is 0 Å². The number of hydrogen-bond donors (Lipinski definition) is 2. The first kappa shape index (κ1) is 20.0. The molecule has 0 aliphatic carbocycles. The Labute approximate surface area is 152 Å². The van der Waals surface area contributed by atoms with Crippen molar-refractivity contribution in [1.29, 1.82) is 0 Å². The van der Waals surface area contributed by atoms with E-state index in [2.05, 4.69) is 36.3 Å². The molecule has 0 aromatic rings. The van der Waals surface area contributed by atoms with E-state index in [-0.39, 0.29) is 29.6 Å². The monoisotopic (exact) mass is 424 g/mol. The van der Waals surface area contributed by atoms with Crippen LogP contribution in [0.1, 0.15) is 46.5 Å². The van der Waals surface area contributed by atoms with Crippen molar-refractivity contribution in [3.05, 3.63) is 0 Å². The van der Waals surface area contributed by atoms with Crippen molar-refractivity contribution in [2.24, 2.45) is 4.99 Å².